The fourth-order valence-corrected chi connectivity index (χ4v) is 6.88. The van der Waals surface area contributed by atoms with E-state index in [-0.39, 0.29) is 16.8 Å². The van der Waals surface area contributed by atoms with Gasteiger partial charge in [-0.3, -0.25) is 9.69 Å². The van der Waals surface area contributed by atoms with E-state index in [4.69, 9.17) is 9.72 Å². The van der Waals surface area contributed by atoms with E-state index in [1.165, 1.54) is 23.5 Å². The largest absolute Gasteiger partial charge is 0.497 e. The standard InChI is InChI=1S/C25H32N4O4S2/c1-18-7-5-6-14-29(18)35(31,32)21-11-8-19(9-12-21)24(30)28(16-15-27(2)3)25-26-22-17-20(33-4)10-13-23(22)34-25/h8-13,17-18H,5-7,14-16H2,1-4H3. The molecule has 188 valence electrons. The van der Waals surface area contributed by atoms with Gasteiger partial charge < -0.3 is 9.64 Å². The SMILES string of the molecule is COc1ccc2sc(N(CCN(C)C)C(=O)c3ccc(S(=O)(=O)N4CCCCC4C)cc3)nc2c1. The van der Waals surface area contributed by atoms with Gasteiger partial charge in [0.1, 0.15) is 5.75 Å². The second-order valence-electron chi connectivity index (χ2n) is 9.08. The summed E-state index contributed by atoms with van der Waals surface area (Å²) in [6.45, 7) is 3.59. The van der Waals surface area contributed by atoms with Crippen molar-refractivity contribution in [3.63, 3.8) is 0 Å². The highest BCUT2D eigenvalue weighted by Gasteiger charge is 2.31. The number of methoxy groups -OCH3 is 1. The smallest absolute Gasteiger partial charge is 0.260 e. The van der Waals surface area contributed by atoms with E-state index in [0.717, 1.165) is 29.5 Å². The molecule has 0 N–H and O–H groups in total. The first-order valence-electron chi connectivity index (χ1n) is 11.7. The minimum absolute atomic E-state index is 0.0192. The van der Waals surface area contributed by atoms with Crippen LogP contribution in [-0.2, 0) is 10.0 Å². The molecule has 1 aliphatic heterocycles. The van der Waals surface area contributed by atoms with Crippen LogP contribution in [0.15, 0.2) is 47.4 Å². The summed E-state index contributed by atoms with van der Waals surface area (Å²) in [5, 5.41) is 0.596. The van der Waals surface area contributed by atoms with Crippen molar-refractivity contribution >= 4 is 42.6 Å². The highest BCUT2D eigenvalue weighted by Crippen LogP contribution is 2.32. The van der Waals surface area contributed by atoms with Gasteiger partial charge in [0.2, 0.25) is 10.0 Å². The fraction of sp³-hybridized carbons (Fsp3) is 0.440. The Hall–Kier alpha value is -2.53. The first-order valence-corrected chi connectivity index (χ1v) is 14.0. The molecule has 1 fully saturated rings. The van der Waals surface area contributed by atoms with Crippen molar-refractivity contribution in [1.29, 1.82) is 0 Å². The van der Waals surface area contributed by atoms with Crippen LogP contribution in [0.2, 0.25) is 0 Å². The Balaban J connectivity index is 1.62. The van der Waals surface area contributed by atoms with E-state index in [0.29, 0.717) is 36.1 Å². The summed E-state index contributed by atoms with van der Waals surface area (Å²) in [5.41, 5.74) is 1.19. The summed E-state index contributed by atoms with van der Waals surface area (Å²) >= 11 is 1.44. The van der Waals surface area contributed by atoms with Crippen molar-refractivity contribution in [1.82, 2.24) is 14.2 Å². The van der Waals surface area contributed by atoms with Gasteiger partial charge in [-0.1, -0.05) is 17.8 Å². The molecule has 0 radical (unpaired) electrons. The third kappa shape index (κ3) is 5.50. The van der Waals surface area contributed by atoms with E-state index in [1.54, 1.807) is 28.4 Å². The van der Waals surface area contributed by atoms with Crippen molar-refractivity contribution in [2.75, 3.05) is 45.7 Å². The predicted octanol–water partition coefficient (Wildman–Crippen LogP) is 4.08. The van der Waals surface area contributed by atoms with Crippen LogP contribution in [-0.4, -0.2) is 75.4 Å². The molecule has 1 atom stereocenters. The number of likely N-dealkylation sites (N-methyl/N-ethyl adjacent to an activating group) is 1. The minimum atomic E-state index is -3.59. The van der Waals surface area contributed by atoms with Crippen LogP contribution >= 0.6 is 11.3 Å². The average Bonchev–Trinajstić information content (AvgIpc) is 3.27. The second-order valence-corrected chi connectivity index (χ2v) is 12.0. The highest BCUT2D eigenvalue weighted by molar-refractivity contribution is 7.89. The monoisotopic (exact) mass is 516 g/mol. The third-order valence-electron chi connectivity index (χ3n) is 6.28. The minimum Gasteiger partial charge on any atom is -0.497 e. The lowest BCUT2D eigenvalue weighted by Gasteiger charge is -2.32. The molecule has 3 aromatic rings. The summed E-state index contributed by atoms with van der Waals surface area (Å²) in [4.78, 5) is 22.1. The van der Waals surface area contributed by atoms with Crippen LogP contribution in [0.4, 0.5) is 5.13 Å². The second kappa shape index (κ2) is 10.6. The number of carbonyl (C=O) groups excluding carboxylic acids is 1. The molecule has 1 aromatic heterocycles. The lowest BCUT2D eigenvalue weighted by atomic mass is 10.1. The number of carbonyl (C=O) groups is 1. The normalized spacial score (nSPS) is 17.1. The maximum absolute atomic E-state index is 13.6. The van der Waals surface area contributed by atoms with Crippen LogP contribution in [0.5, 0.6) is 5.75 Å². The molecule has 1 aliphatic rings. The van der Waals surface area contributed by atoms with Gasteiger partial charge in [-0.25, -0.2) is 13.4 Å². The van der Waals surface area contributed by atoms with Crippen molar-refractivity contribution in [3.8, 4) is 5.75 Å². The Labute approximate surface area is 211 Å². The molecule has 35 heavy (non-hydrogen) atoms. The molecule has 2 aromatic carbocycles. The number of fused-ring (bicyclic) bond motifs is 1. The van der Waals surface area contributed by atoms with Crippen LogP contribution in [0.25, 0.3) is 10.2 Å². The summed E-state index contributed by atoms with van der Waals surface area (Å²) in [6.07, 6.45) is 2.78. The maximum Gasteiger partial charge on any atom is 0.260 e. The predicted molar refractivity (Wildman–Crippen MR) is 140 cm³/mol. The number of hydrogen-bond donors (Lipinski definition) is 0. The van der Waals surface area contributed by atoms with E-state index in [9.17, 15) is 13.2 Å². The Morgan fingerprint density at radius 3 is 2.54 bits per heavy atom. The highest BCUT2D eigenvalue weighted by atomic mass is 32.2. The molecule has 0 saturated carbocycles. The van der Waals surface area contributed by atoms with Gasteiger partial charge in [0, 0.05) is 37.3 Å². The van der Waals surface area contributed by atoms with Crippen molar-refractivity contribution in [3.05, 3.63) is 48.0 Å². The zero-order chi connectivity index (χ0) is 25.2. The molecule has 0 spiro atoms. The quantitative estimate of drug-likeness (QED) is 0.449. The number of sulfonamides is 1. The number of benzene rings is 2. The number of rotatable bonds is 8. The molecule has 0 aliphatic carbocycles. The number of aromatic nitrogens is 1. The van der Waals surface area contributed by atoms with Gasteiger partial charge in [-0.2, -0.15) is 4.31 Å². The molecule has 2 heterocycles. The van der Waals surface area contributed by atoms with Crippen LogP contribution in [0.1, 0.15) is 36.5 Å². The van der Waals surface area contributed by atoms with Gasteiger partial charge in [0.05, 0.1) is 22.2 Å². The lowest BCUT2D eigenvalue weighted by Crippen LogP contribution is -2.41. The Morgan fingerprint density at radius 1 is 1.14 bits per heavy atom. The number of amides is 1. The molecule has 10 heteroatoms. The zero-order valence-corrected chi connectivity index (χ0v) is 22.2. The van der Waals surface area contributed by atoms with Gasteiger partial charge >= 0.3 is 0 Å². The maximum atomic E-state index is 13.6. The summed E-state index contributed by atoms with van der Waals surface area (Å²) in [7, 11) is 1.92. The topological polar surface area (TPSA) is 83.0 Å². The third-order valence-corrected chi connectivity index (χ3v) is 9.37. The Morgan fingerprint density at radius 2 is 1.89 bits per heavy atom. The fourth-order valence-electron chi connectivity index (χ4n) is 4.21. The summed E-state index contributed by atoms with van der Waals surface area (Å²) in [6, 6.07) is 11.9. The first-order chi connectivity index (χ1) is 16.7. The molecule has 8 nitrogen and oxygen atoms in total. The van der Waals surface area contributed by atoms with Crippen molar-refractivity contribution in [2.45, 2.75) is 37.1 Å². The van der Waals surface area contributed by atoms with Gasteiger partial charge in [0.25, 0.3) is 5.91 Å². The van der Waals surface area contributed by atoms with Crippen LogP contribution in [0.3, 0.4) is 0 Å². The molecule has 1 unspecified atom stereocenters. The lowest BCUT2D eigenvalue weighted by molar-refractivity contribution is 0.0985. The number of ether oxygens (including phenoxy) is 1. The van der Waals surface area contributed by atoms with E-state index < -0.39 is 10.0 Å². The van der Waals surface area contributed by atoms with E-state index in [2.05, 4.69) is 0 Å². The molecule has 0 bridgehead atoms. The van der Waals surface area contributed by atoms with Crippen LogP contribution in [0, 0.1) is 0 Å². The molecule has 4 rings (SSSR count). The molecule has 1 amide bonds. The van der Waals surface area contributed by atoms with Crippen molar-refractivity contribution < 1.29 is 17.9 Å². The zero-order valence-electron chi connectivity index (χ0n) is 20.6. The number of piperidine rings is 1. The van der Waals surface area contributed by atoms with Gasteiger partial charge in [0.15, 0.2) is 5.13 Å². The van der Waals surface area contributed by atoms with E-state index in [1.807, 2.05) is 44.1 Å². The Bertz CT molecular complexity index is 1290. The summed E-state index contributed by atoms with van der Waals surface area (Å²) in [5.74, 6) is 0.494. The number of hydrogen-bond acceptors (Lipinski definition) is 7. The molecule has 1 saturated heterocycles. The number of thiazole rings is 1. The van der Waals surface area contributed by atoms with Crippen LogP contribution < -0.4 is 9.64 Å². The van der Waals surface area contributed by atoms with Gasteiger partial charge in [-0.15, -0.1) is 0 Å². The summed E-state index contributed by atoms with van der Waals surface area (Å²) < 4.78 is 34.2. The molecular weight excluding hydrogens is 484 g/mol. The molecular formula is C25H32N4O4S2. The average molecular weight is 517 g/mol. The number of anilines is 1. The first kappa shape index (κ1) is 25.6. The van der Waals surface area contributed by atoms with E-state index >= 15 is 0 Å². The Kier molecular flexibility index (Phi) is 7.75. The van der Waals surface area contributed by atoms with Gasteiger partial charge in [-0.05, 0) is 70.3 Å². The van der Waals surface area contributed by atoms with Crippen molar-refractivity contribution in [2.24, 2.45) is 0 Å². The number of nitrogens with zero attached hydrogens (tertiary/aromatic N) is 4.